The molecule has 1 aliphatic heterocycles. The van der Waals surface area contributed by atoms with Crippen LogP contribution < -0.4 is 10.1 Å². The van der Waals surface area contributed by atoms with Gasteiger partial charge >= 0.3 is 0 Å². The van der Waals surface area contributed by atoms with Crippen molar-refractivity contribution in [3.05, 3.63) is 60.4 Å². The number of benzene rings is 2. The summed E-state index contributed by atoms with van der Waals surface area (Å²) >= 11 is 0. The molecule has 4 rings (SSSR count). The van der Waals surface area contributed by atoms with E-state index in [-0.39, 0.29) is 17.7 Å². The average Bonchev–Trinajstić information content (AvgIpc) is 3.26. The zero-order chi connectivity index (χ0) is 20.9. The second-order valence-corrected chi connectivity index (χ2v) is 7.23. The van der Waals surface area contributed by atoms with Crippen LogP contribution in [0.2, 0.25) is 0 Å². The van der Waals surface area contributed by atoms with Gasteiger partial charge in [-0.25, -0.2) is 14.4 Å². The molecule has 30 heavy (non-hydrogen) atoms. The molecular formula is C23H23FN4O2. The molecule has 2 heterocycles. The van der Waals surface area contributed by atoms with Gasteiger partial charge in [-0.1, -0.05) is 12.1 Å². The maximum Gasteiger partial charge on any atom is 0.240 e. The van der Waals surface area contributed by atoms with Crippen LogP contribution in [-0.2, 0) is 4.79 Å². The number of methoxy groups -OCH3 is 1. The van der Waals surface area contributed by atoms with Crippen LogP contribution >= 0.6 is 0 Å². The van der Waals surface area contributed by atoms with E-state index >= 15 is 0 Å². The lowest BCUT2D eigenvalue weighted by Crippen LogP contribution is -2.31. The first-order valence-corrected chi connectivity index (χ1v) is 9.92. The summed E-state index contributed by atoms with van der Waals surface area (Å²) < 4.78 is 19.0. The van der Waals surface area contributed by atoms with Crippen molar-refractivity contribution in [1.82, 2.24) is 14.9 Å². The van der Waals surface area contributed by atoms with Crippen molar-refractivity contribution in [1.29, 1.82) is 0 Å². The molecule has 2 aromatic carbocycles. The molecule has 1 amide bonds. The quantitative estimate of drug-likeness (QED) is 0.670. The maximum atomic E-state index is 13.8. The van der Waals surface area contributed by atoms with Crippen molar-refractivity contribution < 1.29 is 13.9 Å². The zero-order valence-corrected chi connectivity index (χ0v) is 16.8. The molecule has 154 valence electrons. The minimum absolute atomic E-state index is 0.158. The van der Waals surface area contributed by atoms with Crippen LogP contribution in [-0.4, -0.2) is 47.5 Å². The van der Waals surface area contributed by atoms with E-state index in [2.05, 4.69) is 20.2 Å². The Balaban J connectivity index is 1.67. The van der Waals surface area contributed by atoms with Gasteiger partial charge < -0.3 is 4.74 Å². The highest BCUT2D eigenvalue weighted by Gasteiger charge is 2.17. The Bertz CT molecular complexity index is 1030. The van der Waals surface area contributed by atoms with Gasteiger partial charge in [0, 0.05) is 11.1 Å². The minimum Gasteiger partial charge on any atom is -0.497 e. The lowest BCUT2D eigenvalue weighted by molar-refractivity contribution is -0.117. The van der Waals surface area contributed by atoms with Gasteiger partial charge in [0.1, 0.15) is 11.6 Å². The fraction of sp³-hybridized carbons (Fsp3) is 0.261. The molecule has 1 aliphatic rings. The monoisotopic (exact) mass is 406 g/mol. The Labute approximate surface area is 174 Å². The number of amides is 1. The normalized spacial score (nSPS) is 13.9. The number of likely N-dealkylation sites (tertiary alicyclic amines) is 1. The van der Waals surface area contributed by atoms with Gasteiger partial charge in [-0.2, -0.15) is 0 Å². The Morgan fingerprint density at radius 3 is 2.40 bits per heavy atom. The molecule has 0 radical (unpaired) electrons. The lowest BCUT2D eigenvalue weighted by Gasteiger charge is -2.14. The van der Waals surface area contributed by atoms with Crippen LogP contribution in [0.3, 0.4) is 0 Å². The van der Waals surface area contributed by atoms with E-state index in [0.717, 1.165) is 37.2 Å². The minimum atomic E-state index is -0.350. The number of halogens is 1. The number of hydrogen-bond donors (Lipinski definition) is 1. The predicted octanol–water partition coefficient (Wildman–Crippen LogP) is 3.99. The first-order valence-electron chi connectivity index (χ1n) is 9.92. The summed E-state index contributed by atoms with van der Waals surface area (Å²) in [6.07, 6.45) is 2.22. The average molecular weight is 406 g/mol. The first-order chi connectivity index (χ1) is 14.6. The molecule has 0 bridgehead atoms. The Kier molecular flexibility index (Phi) is 5.99. The largest absolute Gasteiger partial charge is 0.497 e. The highest BCUT2D eigenvalue weighted by Crippen LogP contribution is 2.27. The number of nitrogens with zero attached hydrogens (tertiary/aromatic N) is 3. The smallest absolute Gasteiger partial charge is 0.240 e. The topological polar surface area (TPSA) is 67.3 Å². The molecule has 1 aromatic heterocycles. The van der Waals surface area contributed by atoms with Crippen LogP contribution in [0, 0.1) is 5.82 Å². The number of carbonyl (C=O) groups is 1. The number of anilines is 1. The zero-order valence-electron chi connectivity index (χ0n) is 16.8. The number of nitrogens with one attached hydrogen (secondary N) is 1. The van der Waals surface area contributed by atoms with Gasteiger partial charge in [0.2, 0.25) is 11.9 Å². The second-order valence-electron chi connectivity index (χ2n) is 7.23. The summed E-state index contributed by atoms with van der Waals surface area (Å²) in [5.41, 5.74) is 2.61. The second kappa shape index (κ2) is 9.00. The third kappa shape index (κ3) is 4.80. The van der Waals surface area contributed by atoms with E-state index in [9.17, 15) is 9.18 Å². The Hall–Kier alpha value is -3.32. The van der Waals surface area contributed by atoms with Gasteiger partial charge in [-0.3, -0.25) is 15.0 Å². The fourth-order valence-electron chi connectivity index (χ4n) is 3.52. The summed E-state index contributed by atoms with van der Waals surface area (Å²) in [4.78, 5) is 23.6. The van der Waals surface area contributed by atoms with Gasteiger partial charge in [-0.05, 0) is 68.4 Å². The third-order valence-electron chi connectivity index (χ3n) is 5.05. The number of aromatic nitrogens is 2. The summed E-state index contributed by atoms with van der Waals surface area (Å²) in [7, 11) is 1.61. The summed E-state index contributed by atoms with van der Waals surface area (Å²) in [6, 6.07) is 15.4. The molecule has 0 atom stereocenters. The molecule has 6 nitrogen and oxygen atoms in total. The highest BCUT2D eigenvalue weighted by atomic mass is 19.1. The number of ether oxygens (including phenoxy) is 1. The van der Waals surface area contributed by atoms with Crippen molar-refractivity contribution >= 4 is 11.9 Å². The first kappa shape index (κ1) is 20.0. The van der Waals surface area contributed by atoms with Crippen LogP contribution in [0.5, 0.6) is 5.75 Å². The molecule has 1 N–H and O–H groups in total. The van der Waals surface area contributed by atoms with Crippen molar-refractivity contribution in [2.75, 3.05) is 32.1 Å². The van der Waals surface area contributed by atoms with E-state index < -0.39 is 0 Å². The molecule has 0 saturated carbocycles. The van der Waals surface area contributed by atoms with E-state index in [4.69, 9.17) is 4.74 Å². The van der Waals surface area contributed by atoms with Crippen LogP contribution in [0.1, 0.15) is 12.8 Å². The number of carbonyl (C=O) groups excluding carboxylic acids is 1. The van der Waals surface area contributed by atoms with Crippen LogP contribution in [0.4, 0.5) is 10.3 Å². The SMILES string of the molecule is COc1ccc(-c2cc(-c3cccc(F)c3)nc(NC(=O)CN3CCCC3)n2)cc1. The standard InChI is InChI=1S/C23H23FN4O2/c1-30-19-9-7-16(8-10-19)20-14-21(17-5-4-6-18(24)13-17)26-23(25-20)27-22(29)15-28-11-2-3-12-28/h4-10,13-14H,2-3,11-12,15H2,1H3,(H,25,26,27,29). The molecule has 7 heteroatoms. The van der Waals surface area contributed by atoms with Gasteiger partial charge in [0.25, 0.3) is 0 Å². The molecule has 1 saturated heterocycles. The van der Waals surface area contributed by atoms with Crippen LogP contribution in [0.15, 0.2) is 54.6 Å². The van der Waals surface area contributed by atoms with E-state index in [0.29, 0.717) is 23.5 Å². The molecule has 0 unspecified atom stereocenters. The van der Waals surface area contributed by atoms with E-state index in [1.54, 1.807) is 25.3 Å². The Morgan fingerprint density at radius 1 is 1.03 bits per heavy atom. The number of rotatable bonds is 6. The fourth-order valence-corrected chi connectivity index (χ4v) is 3.52. The Morgan fingerprint density at radius 2 is 1.73 bits per heavy atom. The summed E-state index contributed by atoms with van der Waals surface area (Å²) in [6.45, 7) is 2.16. The highest BCUT2D eigenvalue weighted by molar-refractivity contribution is 5.91. The van der Waals surface area contributed by atoms with Crippen molar-refractivity contribution in [3.63, 3.8) is 0 Å². The van der Waals surface area contributed by atoms with Gasteiger partial charge in [0.15, 0.2) is 0 Å². The summed E-state index contributed by atoms with van der Waals surface area (Å²) in [5.74, 6) is 0.426. The van der Waals surface area contributed by atoms with Gasteiger partial charge in [-0.15, -0.1) is 0 Å². The van der Waals surface area contributed by atoms with Crippen molar-refractivity contribution in [3.8, 4) is 28.3 Å². The lowest BCUT2D eigenvalue weighted by atomic mass is 10.1. The van der Waals surface area contributed by atoms with E-state index in [1.807, 2.05) is 24.3 Å². The third-order valence-corrected chi connectivity index (χ3v) is 5.05. The van der Waals surface area contributed by atoms with Gasteiger partial charge in [0.05, 0.1) is 25.0 Å². The molecular weight excluding hydrogens is 383 g/mol. The molecule has 3 aromatic rings. The van der Waals surface area contributed by atoms with Crippen LogP contribution in [0.25, 0.3) is 22.5 Å². The summed E-state index contributed by atoms with van der Waals surface area (Å²) in [5, 5.41) is 2.81. The predicted molar refractivity (Wildman–Crippen MR) is 114 cm³/mol. The molecule has 0 aliphatic carbocycles. The maximum absolute atomic E-state index is 13.8. The molecule has 0 spiro atoms. The van der Waals surface area contributed by atoms with Crippen molar-refractivity contribution in [2.24, 2.45) is 0 Å². The van der Waals surface area contributed by atoms with E-state index in [1.165, 1.54) is 12.1 Å². The number of hydrogen-bond acceptors (Lipinski definition) is 5. The molecule has 1 fully saturated rings. The van der Waals surface area contributed by atoms with Crippen molar-refractivity contribution in [2.45, 2.75) is 12.8 Å².